The highest BCUT2D eigenvalue weighted by atomic mass is 35.5. The van der Waals surface area contributed by atoms with Crippen LogP contribution in [0, 0.1) is 5.82 Å². The Morgan fingerprint density at radius 2 is 1.81 bits per heavy atom. The van der Waals surface area contributed by atoms with E-state index in [1.165, 1.54) is 18.2 Å². The Kier molecular flexibility index (Phi) is 4.72. The zero-order valence-electron chi connectivity index (χ0n) is 8.30. The molecule has 0 saturated carbocycles. The quantitative estimate of drug-likeness (QED) is 0.609. The molecule has 0 aliphatic rings. The maximum atomic E-state index is 13.1. The zero-order valence-corrected chi connectivity index (χ0v) is 9.05. The van der Waals surface area contributed by atoms with Gasteiger partial charge in [0.2, 0.25) is 5.91 Å². The molecule has 0 radical (unpaired) electrons. The van der Waals surface area contributed by atoms with E-state index in [4.69, 9.17) is 11.6 Å². The molecule has 1 aromatic carbocycles. The van der Waals surface area contributed by atoms with E-state index < -0.39 is 17.6 Å². The van der Waals surface area contributed by atoms with Gasteiger partial charge in [-0.05, 0) is 11.6 Å². The van der Waals surface area contributed by atoms with Crippen LogP contribution in [-0.2, 0) is 16.0 Å². The molecule has 4 nitrogen and oxygen atoms in total. The number of benzene rings is 1. The zero-order chi connectivity index (χ0) is 12.0. The third kappa shape index (κ3) is 3.86. The van der Waals surface area contributed by atoms with Crippen LogP contribution in [0.3, 0.4) is 0 Å². The summed E-state index contributed by atoms with van der Waals surface area (Å²) in [4.78, 5) is 22.0. The highest BCUT2D eigenvalue weighted by Crippen LogP contribution is 2.06. The average molecular weight is 245 g/mol. The molecule has 0 spiro atoms. The van der Waals surface area contributed by atoms with E-state index in [-0.39, 0.29) is 17.9 Å². The van der Waals surface area contributed by atoms with E-state index in [0.717, 1.165) is 0 Å². The second-order valence-electron chi connectivity index (χ2n) is 3.00. The minimum atomic E-state index is -0.524. The van der Waals surface area contributed by atoms with Crippen LogP contribution in [0.2, 0.25) is 0 Å². The van der Waals surface area contributed by atoms with Crippen molar-refractivity contribution in [2.24, 2.45) is 0 Å². The normalized spacial score (nSPS) is 9.62. The Hall–Kier alpha value is -1.62. The highest BCUT2D eigenvalue weighted by Gasteiger charge is 2.07. The first kappa shape index (κ1) is 12.4. The number of halogens is 2. The standard InChI is InChI=1S/C10H10ClFN2O2/c11-6-10(16)14-13-9(15)5-7-3-1-2-4-8(7)12/h1-4H,5-6H2,(H,13,15)(H,14,16). The summed E-state index contributed by atoms with van der Waals surface area (Å²) in [6, 6.07) is 5.92. The van der Waals surface area contributed by atoms with Gasteiger partial charge in [0.25, 0.3) is 5.91 Å². The lowest BCUT2D eigenvalue weighted by molar-refractivity contribution is -0.127. The summed E-state index contributed by atoms with van der Waals surface area (Å²) in [5.74, 6) is -1.74. The summed E-state index contributed by atoms with van der Waals surface area (Å²) in [5.41, 5.74) is 4.46. The van der Waals surface area contributed by atoms with Gasteiger partial charge in [0.15, 0.2) is 0 Å². The molecular formula is C10H10ClFN2O2. The van der Waals surface area contributed by atoms with Crippen molar-refractivity contribution < 1.29 is 14.0 Å². The summed E-state index contributed by atoms with van der Waals surface area (Å²) in [7, 11) is 0. The summed E-state index contributed by atoms with van der Waals surface area (Å²) >= 11 is 5.20. The molecule has 0 aromatic heterocycles. The Morgan fingerprint density at radius 3 is 2.44 bits per heavy atom. The number of hydrogen-bond acceptors (Lipinski definition) is 2. The van der Waals surface area contributed by atoms with Gasteiger partial charge in [-0.25, -0.2) is 4.39 Å². The molecule has 2 N–H and O–H groups in total. The first-order valence-corrected chi connectivity index (χ1v) is 5.04. The SMILES string of the molecule is O=C(CCl)NNC(=O)Cc1ccccc1F. The van der Waals surface area contributed by atoms with Crippen molar-refractivity contribution in [2.75, 3.05) is 5.88 Å². The van der Waals surface area contributed by atoms with Crippen molar-refractivity contribution in [3.63, 3.8) is 0 Å². The van der Waals surface area contributed by atoms with E-state index in [2.05, 4.69) is 10.9 Å². The molecule has 0 saturated heterocycles. The lowest BCUT2D eigenvalue weighted by Gasteiger charge is -2.06. The summed E-state index contributed by atoms with van der Waals surface area (Å²) in [6.07, 6.45) is -0.144. The minimum absolute atomic E-state index is 0.144. The molecular weight excluding hydrogens is 235 g/mol. The predicted octanol–water partition coefficient (Wildman–Crippen LogP) is 0.754. The van der Waals surface area contributed by atoms with Gasteiger partial charge in [-0.2, -0.15) is 0 Å². The van der Waals surface area contributed by atoms with Gasteiger partial charge in [0, 0.05) is 0 Å². The van der Waals surface area contributed by atoms with E-state index in [1.54, 1.807) is 6.07 Å². The fourth-order valence-electron chi connectivity index (χ4n) is 1.03. The van der Waals surface area contributed by atoms with Gasteiger partial charge in [-0.3, -0.25) is 20.4 Å². The predicted molar refractivity (Wildman–Crippen MR) is 57.1 cm³/mol. The lowest BCUT2D eigenvalue weighted by atomic mass is 10.1. The van der Waals surface area contributed by atoms with Crippen molar-refractivity contribution in [3.05, 3.63) is 35.6 Å². The highest BCUT2D eigenvalue weighted by molar-refractivity contribution is 6.27. The van der Waals surface area contributed by atoms with Crippen LogP contribution >= 0.6 is 11.6 Å². The molecule has 0 unspecified atom stereocenters. The van der Waals surface area contributed by atoms with Gasteiger partial charge in [0.1, 0.15) is 11.7 Å². The van der Waals surface area contributed by atoms with Crippen molar-refractivity contribution in [2.45, 2.75) is 6.42 Å². The maximum absolute atomic E-state index is 13.1. The van der Waals surface area contributed by atoms with Crippen LogP contribution in [-0.4, -0.2) is 17.7 Å². The van der Waals surface area contributed by atoms with E-state index in [1.807, 2.05) is 0 Å². The number of rotatable bonds is 3. The van der Waals surface area contributed by atoms with Crippen molar-refractivity contribution >= 4 is 23.4 Å². The van der Waals surface area contributed by atoms with Gasteiger partial charge >= 0.3 is 0 Å². The monoisotopic (exact) mass is 244 g/mol. The number of carbonyl (C=O) groups is 2. The van der Waals surface area contributed by atoms with Gasteiger partial charge in [0.05, 0.1) is 6.42 Å². The number of hydrogen-bond donors (Lipinski definition) is 2. The first-order chi connectivity index (χ1) is 7.63. The topological polar surface area (TPSA) is 58.2 Å². The Balaban J connectivity index is 2.46. The van der Waals surface area contributed by atoms with Crippen molar-refractivity contribution in [1.29, 1.82) is 0 Å². The summed E-state index contributed by atoms with van der Waals surface area (Å²) in [6.45, 7) is 0. The largest absolute Gasteiger partial charge is 0.273 e. The molecule has 1 rings (SSSR count). The molecule has 0 fully saturated rings. The van der Waals surface area contributed by atoms with Gasteiger partial charge in [-0.15, -0.1) is 11.6 Å². The van der Waals surface area contributed by atoms with Crippen LogP contribution in [0.4, 0.5) is 4.39 Å². The molecule has 1 aromatic rings. The molecule has 0 atom stereocenters. The second kappa shape index (κ2) is 6.07. The van der Waals surface area contributed by atoms with Crippen LogP contribution in [0.5, 0.6) is 0 Å². The Morgan fingerprint density at radius 1 is 1.19 bits per heavy atom. The number of alkyl halides is 1. The van der Waals surface area contributed by atoms with E-state index in [9.17, 15) is 14.0 Å². The first-order valence-electron chi connectivity index (χ1n) is 4.50. The van der Waals surface area contributed by atoms with Crippen molar-refractivity contribution in [1.82, 2.24) is 10.9 Å². The minimum Gasteiger partial charge on any atom is -0.273 e. The van der Waals surface area contributed by atoms with Gasteiger partial charge in [-0.1, -0.05) is 18.2 Å². The Bertz CT molecular complexity index is 398. The summed E-state index contributed by atoms with van der Waals surface area (Å²) < 4.78 is 13.1. The molecule has 0 aliphatic heterocycles. The van der Waals surface area contributed by atoms with E-state index in [0.29, 0.717) is 0 Å². The molecule has 0 bridgehead atoms. The fraction of sp³-hybridized carbons (Fsp3) is 0.200. The third-order valence-electron chi connectivity index (χ3n) is 1.77. The Labute approximate surface area is 96.8 Å². The number of nitrogens with one attached hydrogen (secondary N) is 2. The smallest absolute Gasteiger partial charge is 0.253 e. The van der Waals surface area contributed by atoms with E-state index >= 15 is 0 Å². The van der Waals surface area contributed by atoms with Crippen LogP contribution in [0.1, 0.15) is 5.56 Å². The molecule has 0 heterocycles. The molecule has 6 heteroatoms. The second-order valence-corrected chi connectivity index (χ2v) is 3.27. The fourth-order valence-corrected chi connectivity index (χ4v) is 1.10. The lowest BCUT2D eigenvalue weighted by Crippen LogP contribution is -2.43. The van der Waals surface area contributed by atoms with Crippen LogP contribution in [0.15, 0.2) is 24.3 Å². The third-order valence-corrected chi connectivity index (χ3v) is 2.01. The number of amides is 2. The summed E-state index contributed by atoms with van der Waals surface area (Å²) in [5, 5.41) is 0. The molecule has 0 aliphatic carbocycles. The van der Waals surface area contributed by atoms with Crippen LogP contribution in [0.25, 0.3) is 0 Å². The van der Waals surface area contributed by atoms with Crippen molar-refractivity contribution in [3.8, 4) is 0 Å². The van der Waals surface area contributed by atoms with Crippen LogP contribution < -0.4 is 10.9 Å². The maximum Gasteiger partial charge on any atom is 0.253 e. The molecule has 16 heavy (non-hydrogen) atoms. The number of carbonyl (C=O) groups excluding carboxylic acids is 2. The molecule has 86 valence electrons. The average Bonchev–Trinajstić information content (AvgIpc) is 2.29. The number of hydrazine groups is 1. The van der Waals surface area contributed by atoms with Gasteiger partial charge < -0.3 is 0 Å². The molecule has 2 amide bonds.